The van der Waals surface area contributed by atoms with Crippen LogP contribution >= 0.6 is 23.4 Å². The molecule has 0 aliphatic heterocycles. The Balaban J connectivity index is 1.58. The van der Waals surface area contributed by atoms with Crippen LogP contribution in [0.2, 0.25) is 5.02 Å². The molecule has 0 saturated carbocycles. The van der Waals surface area contributed by atoms with Crippen LogP contribution in [0, 0.1) is 0 Å². The van der Waals surface area contributed by atoms with Gasteiger partial charge in [0.15, 0.2) is 5.58 Å². The van der Waals surface area contributed by atoms with Crippen LogP contribution in [0.1, 0.15) is 0 Å². The number of nitrogens with zero attached hydrogens (tertiary/aromatic N) is 2. The summed E-state index contributed by atoms with van der Waals surface area (Å²) in [6, 6.07) is 12.9. The lowest BCUT2D eigenvalue weighted by Crippen LogP contribution is -2.14. The highest BCUT2D eigenvalue weighted by Gasteiger charge is 2.10. The van der Waals surface area contributed by atoms with Gasteiger partial charge in [0.05, 0.1) is 5.75 Å². The molecule has 1 aromatic heterocycles. The van der Waals surface area contributed by atoms with Crippen molar-refractivity contribution in [3.63, 3.8) is 0 Å². The quantitative estimate of drug-likeness (QED) is 0.687. The molecule has 0 radical (unpaired) electrons. The zero-order chi connectivity index (χ0) is 17.1. The number of aromatic nitrogens is 1. The third-order valence-electron chi connectivity index (χ3n) is 3.32. The van der Waals surface area contributed by atoms with Crippen LogP contribution in [0.5, 0.6) is 0 Å². The molecular formula is C17H16ClN3O2S. The summed E-state index contributed by atoms with van der Waals surface area (Å²) in [5.74, 6) is 0.105. The zero-order valence-electron chi connectivity index (χ0n) is 13.2. The second kappa shape index (κ2) is 7.15. The predicted octanol–water partition coefficient (Wildman–Crippen LogP) is 4.28. The average Bonchev–Trinajstić information content (AvgIpc) is 2.95. The molecule has 0 fully saturated rings. The molecule has 0 unspecified atom stereocenters. The number of carbonyl (C=O) groups is 1. The first-order valence-electron chi connectivity index (χ1n) is 7.27. The van der Waals surface area contributed by atoms with Crippen molar-refractivity contribution in [2.75, 3.05) is 30.1 Å². The SMILES string of the molecule is CN(C)c1ccc(NC(=O)CSc2nc3cc(Cl)ccc3o2)cc1. The fraction of sp³-hybridized carbons (Fsp3) is 0.176. The molecule has 1 N–H and O–H groups in total. The van der Waals surface area contributed by atoms with E-state index in [4.69, 9.17) is 16.0 Å². The van der Waals surface area contributed by atoms with Gasteiger partial charge >= 0.3 is 0 Å². The number of oxazole rings is 1. The molecule has 1 amide bonds. The van der Waals surface area contributed by atoms with Gasteiger partial charge in [-0.1, -0.05) is 23.4 Å². The minimum absolute atomic E-state index is 0.113. The molecule has 124 valence electrons. The van der Waals surface area contributed by atoms with E-state index in [-0.39, 0.29) is 11.7 Å². The lowest BCUT2D eigenvalue weighted by molar-refractivity contribution is -0.113. The summed E-state index contributed by atoms with van der Waals surface area (Å²) < 4.78 is 5.57. The molecule has 7 heteroatoms. The topological polar surface area (TPSA) is 58.4 Å². The number of amides is 1. The first-order chi connectivity index (χ1) is 11.5. The number of rotatable bonds is 5. The Bertz CT molecular complexity index is 862. The van der Waals surface area contributed by atoms with Crippen LogP contribution in [0.4, 0.5) is 11.4 Å². The van der Waals surface area contributed by atoms with E-state index in [1.807, 2.05) is 43.3 Å². The Morgan fingerprint density at radius 1 is 1.25 bits per heavy atom. The van der Waals surface area contributed by atoms with E-state index < -0.39 is 0 Å². The highest BCUT2D eigenvalue weighted by atomic mass is 35.5. The van der Waals surface area contributed by atoms with Gasteiger partial charge in [0.2, 0.25) is 5.91 Å². The number of carbonyl (C=O) groups excluding carboxylic acids is 1. The summed E-state index contributed by atoms with van der Waals surface area (Å²) in [5, 5.41) is 3.90. The molecule has 3 aromatic rings. The van der Waals surface area contributed by atoms with Crippen LogP contribution in [-0.2, 0) is 4.79 Å². The van der Waals surface area contributed by atoms with Gasteiger partial charge in [-0.2, -0.15) is 0 Å². The highest BCUT2D eigenvalue weighted by Crippen LogP contribution is 2.25. The molecule has 5 nitrogen and oxygen atoms in total. The number of hydrogen-bond acceptors (Lipinski definition) is 5. The van der Waals surface area contributed by atoms with Crippen molar-refractivity contribution in [3.8, 4) is 0 Å². The minimum Gasteiger partial charge on any atom is -0.431 e. The number of halogens is 1. The summed E-state index contributed by atoms with van der Waals surface area (Å²) in [7, 11) is 3.94. The summed E-state index contributed by atoms with van der Waals surface area (Å²) in [5.41, 5.74) is 3.18. The van der Waals surface area contributed by atoms with E-state index in [2.05, 4.69) is 10.3 Å². The second-order valence-electron chi connectivity index (χ2n) is 5.37. The van der Waals surface area contributed by atoms with Crippen molar-refractivity contribution in [1.29, 1.82) is 0 Å². The van der Waals surface area contributed by atoms with E-state index in [1.54, 1.807) is 18.2 Å². The van der Waals surface area contributed by atoms with Gasteiger partial charge in [0.25, 0.3) is 5.22 Å². The molecule has 0 bridgehead atoms. The summed E-state index contributed by atoms with van der Waals surface area (Å²) in [6.45, 7) is 0. The van der Waals surface area contributed by atoms with E-state index >= 15 is 0 Å². The Labute approximate surface area is 149 Å². The van der Waals surface area contributed by atoms with Crippen LogP contribution in [0.25, 0.3) is 11.1 Å². The van der Waals surface area contributed by atoms with Gasteiger partial charge in [-0.05, 0) is 42.5 Å². The van der Waals surface area contributed by atoms with Crippen molar-refractivity contribution in [2.24, 2.45) is 0 Å². The lowest BCUT2D eigenvalue weighted by atomic mass is 10.2. The van der Waals surface area contributed by atoms with Crippen LogP contribution < -0.4 is 10.2 Å². The van der Waals surface area contributed by atoms with Gasteiger partial charge < -0.3 is 14.6 Å². The fourth-order valence-corrected chi connectivity index (χ4v) is 2.91. The molecule has 1 heterocycles. The molecular weight excluding hydrogens is 346 g/mol. The third-order valence-corrected chi connectivity index (χ3v) is 4.39. The van der Waals surface area contributed by atoms with Crippen molar-refractivity contribution in [2.45, 2.75) is 5.22 Å². The Hall–Kier alpha value is -2.18. The van der Waals surface area contributed by atoms with Gasteiger partial charge in [-0.3, -0.25) is 4.79 Å². The summed E-state index contributed by atoms with van der Waals surface area (Å²) >= 11 is 7.17. The van der Waals surface area contributed by atoms with E-state index in [0.29, 0.717) is 21.3 Å². The molecule has 0 aliphatic carbocycles. The molecule has 0 spiro atoms. The Morgan fingerprint density at radius 3 is 2.71 bits per heavy atom. The van der Waals surface area contributed by atoms with Crippen molar-refractivity contribution in [3.05, 3.63) is 47.5 Å². The smallest absolute Gasteiger partial charge is 0.257 e. The molecule has 3 rings (SSSR count). The van der Waals surface area contributed by atoms with Crippen molar-refractivity contribution >= 4 is 51.7 Å². The van der Waals surface area contributed by atoms with E-state index in [1.165, 1.54) is 11.8 Å². The maximum atomic E-state index is 12.0. The molecule has 0 atom stereocenters. The van der Waals surface area contributed by atoms with Crippen LogP contribution in [0.3, 0.4) is 0 Å². The van der Waals surface area contributed by atoms with Crippen LogP contribution in [0.15, 0.2) is 52.1 Å². The normalized spacial score (nSPS) is 10.8. The van der Waals surface area contributed by atoms with Gasteiger partial charge in [0, 0.05) is 30.5 Å². The molecule has 0 saturated heterocycles. The average molecular weight is 362 g/mol. The van der Waals surface area contributed by atoms with E-state index in [0.717, 1.165) is 11.4 Å². The third kappa shape index (κ3) is 4.01. The standard InChI is InChI=1S/C17H16ClN3O2S/c1-21(2)13-6-4-12(5-7-13)19-16(22)10-24-17-20-14-9-11(18)3-8-15(14)23-17/h3-9H,10H2,1-2H3,(H,19,22). The monoisotopic (exact) mass is 361 g/mol. The number of thioether (sulfide) groups is 1. The van der Waals surface area contributed by atoms with Gasteiger partial charge in [0.1, 0.15) is 5.52 Å². The number of anilines is 2. The lowest BCUT2D eigenvalue weighted by Gasteiger charge is -2.12. The van der Waals surface area contributed by atoms with E-state index in [9.17, 15) is 4.79 Å². The van der Waals surface area contributed by atoms with Gasteiger partial charge in [-0.25, -0.2) is 4.98 Å². The zero-order valence-corrected chi connectivity index (χ0v) is 14.8. The number of benzene rings is 2. The highest BCUT2D eigenvalue weighted by molar-refractivity contribution is 7.99. The summed E-state index contributed by atoms with van der Waals surface area (Å²) in [4.78, 5) is 18.4. The first-order valence-corrected chi connectivity index (χ1v) is 8.64. The van der Waals surface area contributed by atoms with Crippen molar-refractivity contribution < 1.29 is 9.21 Å². The molecule has 2 aromatic carbocycles. The molecule has 0 aliphatic rings. The second-order valence-corrected chi connectivity index (χ2v) is 6.73. The summed E-state index contributed by atoms with van der Waals surface area (Å²) in [6.07, 6.45) is 0. The Kier molecular flexibility index (Phi) is 4.97. The van der Waals surface area contributed by atoms with Gasteiger partial charge in [-0.15, -0.1) is 0 Å². The number of nitrogens with one attached hydrogen (secondary N) is 1. The predicted molar refractivity (Wildman–Crippen MR) is 99.1 cm³/mol. The maximum Gasteiger partial charge on any atom is 0.257 e. The molecule has 24 heavy (non-hydrogen) atoms. The number of hydrogen-bond donors (Lipinski definition) is 1. The largest absolute Gasteiger partial charge is 0.431 e. The fourth-order valence-electron chi connectivity index (χ4n) is 2.11. The van der Waals surface area contributed by atoms with Crippen LogP contribution in [-0.4, -0.2) is 30.7 Å². The Morgan fingerprint density at radius 2 is 2.00 bits per heavy atom. The maximum absolute atomic E-state index is 12.0. The number of fused-ring (bicyclic) bond motifs is 1. The minimum atomic E-state index is -0.113. The first kappa shape index (κ1) is 16.7. The van der Waals surface area contributed by atoms with Crippen molar-refractivity contribution in [1.82, 2.24) is 4.98 Å².